The standard InChI is InChI=1S/C42H30N2/c1-42(2)35-21-11-10-16-29(35)30-25-24-28(26-36(30)42)39-31-17-6-8-19-33(31)40(34-20-9-7-18-32(34)39)44-38-23-13-12-22-37(38)43-41(44)27-14-4-3-5-15-27/h3-26H,1-2H3/i1D3,2D3. The van der Waals surface area contributed by atoms with Gasteiger partial charge in [0.2, 0.25) is 0 Å². The van der Waals surface area contributed by atoms with Crippen LogP contribution in [-0.4, -0.2) is 9.55 Å². The molecule has 2 heteroatoms. The lowest BCUT2D eigenvalue weighted by molar-refractivity contribution is 0.660. The highest BCUT2D eigenvalue weighted by atomic mass is 15.1. The molecule has 0 unspecified atom stereocenters. The van der Waals surface area contributed by atoms with Crippen LogP contribution in [0.3, 0.4) is 0 Å². The van der Waals surface area contributed by atoms with E-state index in [0.29, 0.717) is 22.3 Å². The van der Waals surface area contributed by atoms with Crippen LogP contribution in [0.5, 0.6) is 0 Å². The fraction of sp³-hybridized carbons (Fsp3) is 0.0714. The maximum atomic E-state index is 8.76. The van der Waals surface area contributed by atoms with Gasteiger partial charge in [-0.15, -0.1) is 0 Å². The second-order valence-electron chi connectivity index (χ2n) is 11.5. The molecule has 0 bridgehead atoms. The van der Waals surface area contributed by atoms with Gasteiger partial charge in [0.05, 0.1) is 16.7 Å². The molecule has 7 aromatic carbocycles. The molecule has 0 atom stereocenters. The van der Waals surface area contributed by atoms with E-state index >= 15 is 0 Å². The summed E-state index contributed by atoms with van der Waals surface area (Å²) in [6, 6.07) is 47.6. The van der Waals surface area contributed by atoms with E-state index < -0.39 is 19.1 Å². The van der Waals surface area contributed by atoms with Gasteiger partial charge >= 0.3 is 0 Å². The number of rotatable bonds is 3. The van der Waals surface area contributed by atoms with Crippen LogP contribution in [0.4, 0.5) is 0 Å². The molecule has 0 saturated carbocycles. The van der Waals surface area contributed by atoms with E-state index in [-0.39, 0.29) is 0 Å². The minimum atomic E-state index is -2.84. The molecule has 0 saturated heterocycles. The molecule has 208 valence electrons. The second-order valence-corrected chi connectivity index (χ2v) is 11.5. The number of fused-ring (bicyclic) bond motifs is 6. The Bertz CT molecular complexity index is 2560. The number of benzene rings is 7. The minimum Gasteiger partial charge on any atom is -0.291 e. The fourth-order valence-corrected chi connectivity index (χ4v) is 7.13. The van der Waals surface area contributed by atoms with Gasteiger partial charge in [-0.3, -0.25) is 4.57 Å². The Morgan fingerprint density at radius 1 is 0.545 bits per heavy atom. The molecule has 0 spiro atoms. The topological polar surface area (TPSA) is 17.8 Å². The van der Waals surface area contributed by atoms with Crippen LogP contribution in [0.25, 0.3) is 71.9 Å². The van der Waals surface area contributed by atoms with Gasteiger partial charge in [0, 0.05) is 30.0 Å². The highest BCUT2D eigenvalue weighted by Crippen LogP contribution is 2.51. The Labute approximate surface area is 265 Å². The van der Waals surface area contributed by atoms with Crippen molar-refractivity contribution >= 4 is 32.6 Å². The van der Waals surface area contributed by atoms with Crippen molar-refractivity contribution in [3.63, 3.8) is 0 Å². The molecular weight excluding hydrogens is 532 g/mol. The van der Waals surface area contributed by atoms with E-state index in [1.165, 1.54) is 0 Å². The van der Waals surface area contributed by atoms with Crippen LogP contribution >= 0.6 is 0 Å². The lowest BCUT2D eigenvalue weighted by atomic mass is 9.81. The van der Waals surface area contributed by atoms with Crippen molar-refractivity contribution in [1.29, 1.82) is 0 Å². The van der Waals surface area contributed by atoms with Crippen LogP contribution in [-0.2, 0) is 5.41 Å². The van der Waals surface area contributed by atoms with Crippen LogP contribution in [0, 0.1) is 0 Å². The molecule has 0 amide bonds. The molecule has 2 nitrogen and oxygen atoms in total. The number of nitrogens with zero attached hydrogens (tertiary/aromatic N) is 2. The average molecular weight is 569 g/mol. The zero-order valence-electron chi connectivity index (χ0n) is 29.8. The predicted molar refractivity (Wildman–Crippen MR) is 185 cm³/mol. The first-order valence-electron chi connectivity index (χ1n) is 17.8. The summed E-state index contributed by atoms with van der Waals surface area (Å²) in [4.78, 5) is 5.13. The van der Waals surface area contributed by atoms with Gasteiger partial charge in [-0.2, -0.15) is 0 Å². The maximum Gasteiger partial charge on any atom is 0.145 e. The number of hydrogen-bond donors (Lipinski definition) is 0. The van der Waals surface area contributed by atoms with Gasteiger partial charge < -0.3 is 0 Å². The third kappa shape index (κ3) is 3.46. The number of para-hydroxylation sites is 2. The molecule has 1 aliphatic rings. The average Bonchev–Trinajstić information content (AvgIpc) is 3.65. The molecule has 0 radical (unpaired) electrons. The molecular formula is C42H30N2. The van der Waals surface area contributed by atoms with Crippen LogP contribution in [0.15, 0.2) is 146 Å². The summed E-state index contributed by atoms with van der Waals surface area (Å²) in [5.41, 5.74) is 5.22. The summed E-state index contributed by atoms with van der Waals surface area (Å²) < 4.78 is 54.8. The molecule has 1 heterocycles. The van der Waals surface area contributed by atoms with Crippen LogP contribution in [0.2, 0.25) is 0 Å². The smallest absolute Gasteiger partial charge is 0.145 e. The van der Waals surface area contributed by atoms with Crippen molar-refractivity contribution in [3.05, 3.63) is 157 Å². The first kappa shape index (κ1) is 19.7. The van der Waals surface area contributed by atoms with Crippen molar-refractivity contribution in [3.8, 4) is 39.3 Å². The summed E-state index contributed by atoms with van der Waals surface area (Å²) in [6.45, 7) is -5.69. The van der Waals surface area contributed by atoms with Crippen LogP contribution < -0.4 is 0 Å². The fourth-order valence-electron chi connectivity index (χ4n) is 7.13. The zero-order valence-corrected chi connectivity index (χ0v) is 23.8. The summed E-state index contributed by atoms with van der Waals surface area (Å²) in [5, 5.41) is 3.90. The van der Waals surface area contributed by atoms with Gasteiger partial charge in [-0.05, 0) is 62.4 Å². The van der Waals surface area contributed by atoms with E-state index in [1.807, 2.05) is 91.0 Å². The largest absolute Gasteiger partial charge is 0.291 e. The summed E-state index contributed by atoms with van der Waals surface area (Å²) >= 11 is 0. The Hall–Kier alpha value is -5.47. The first-order valence-corrected chi connectivity index (χ1v) is 14.8. The molecule has 9 rings (SSSR count). The highest BCUT2D eigenvalue weighted by Gasteiger charge is 2.35. The maximum absolute atomic E-state index is 8.76. The Kier molecular flexibility index (Phi) is 4.14. The highest BCUT2D eigenvalue weighted by molar-refractivity contribution is 6.19. The normalized spacial score (nSPS) is 16.0. The summed E-state index contributed by atoms with van der Waals surface area (Å²) in [5.74, 6) is 0.824. The van der Waals surface area contributed by atoms with Crippen molar-refractivity contribution in [2.24, 2.45) is 0 Å². The molecule has 0 fully saturated rings. The Morgan fingerprint density at radius 2 is 1.16 bits per heavy atom. The summed E-state index contributed by atoms with van der Waals surface area (Å²) in [6.07, 6.45) is 0. The lowest BCUT2D eigenvalue weighted by Crippen LogP contribution is -2.14. The van der Waals surface area contributed by atoms with E-state index in [1.54, 1.807) is 12.1 Å². The molecule has 1 aromatic heterocycles. The van der Waals surface area contributed by atoms with E-state index in [2.05, 4.69) is 47.0 Å². The number of aromatic nitrogens is 2. The third-order valence-corrected chi connectivity index (χ3v) is 9.05. The first-order chi connectivity index (χ1) is 24.1. The van der Waals surface area contributed by atoms with Gasteiger partial charge in [0.15, 0.2) is 0 Å². The van der Waals surface area contributed by atoms with Gasteiger partial charge in [-0.1, -0.05) is 141 Å². The van der Waals surface area contributed by atoms with Gasteiger partial charge in [0.1, 0.15) is 5.82 Å². The van der Waals surface area contributed by atoms with E-state index in [0.717, 1.165) is 60.8 Å². The third-order valence-electron chi connectivity index (χ3n) is 9.05. The van der Waals surface area contributed by atoms with Crippen molar-refractivity contribution < 1.29 is 8.22 Å². The SMILES string of the molecule is [2H]C([2H])([2H])C1(C([2H])([2H])[2H])c2ccccc2-c2ccc(-c3c4ccccc4c(-n4c(-c5ccccc5)nc5ccccc54)c4ccccc34)cc21. The number of imidazole rings is 1. The van der Waals surface area contributed by atoms with E-state index in [4.69, 9.17) is 13.2 Å². The molecule has 0 N–H and O–H groups in total. The monoisotopic (exact) mass is 568 g/mol. The number of hydrogen-bond acceptors (Lipinski definition) is 1. The van der Waals surface area contributed by atoms with Gasteiger partial charge in [0.25, 0.3) is 0 Å². The molecule has 0 aliphatic heterocycles. The Morgan fingerprint density at radius 3 is 1.91 bits per heavy atom. The quantitative estimate of drug-likeness (QED) is 0.194. The second kappa shape index (κ2) is 9.26. The van der Waals surface area contributed by atoms with Gasteiger partial charge in [-0.25, -0.2) is 4.98 Å². The lowest BCUT2D eigenvalue weighted by Gasteiger charge is -2.23. The van der Waals surface area contributed by atoms with Crippen molar-refractivity contribution in [2.45, 2.75) is 19.1 Å². The minimum absolute atomic E-state index is 0.306. The Balaban J connectivity index is 1.40. The van der Waals surface area contributed by atoms with E-state index in [9.17, 15) is 0 Å². The molecule has 1 aliphatic carbocycles. The molecule has 44 heavy (non-hydrogen) atoms. The zero-order chi connectivity index (χ0) is 34.4. The van der Waals surface area contributed by atoms with Crippen molar-refractivity contribution in [1.82, 2.24) is 9.55 Å². The van der Waals surface area contributed by atoms with Crippen LogP contribution in [0.1, 0.15) is 33.1 Å². The molecule has 8 aromatic rings. The van der Waals surface area contributed by atoms with Crippen molar-refractivity contribution in [2.75, 3.05) is 0 Å². The summed E-state index contributed by atoms with van der Waals surface area (Å²) in [7, 11) is 0. The predicted octanol–water partition coefficient (Wildman–Crippen LogP) is 11.0.